The smallest absolute Gasteiger partial charge is 0.127 e. The highest BCUT2D eigenvalue weighted by molar-refractivity contribution is 5.85. The van der Waals surface area contributed by atoms with Gasteiger partial charge in [-0.15, -0.1) is 12.4 Å². The summed E-state index contributed by atoms with van der Waals surface area (Å²) in [5.41, 5.74) is 0.781. The van der Waals surface area contributed by atoms with E-state index >= 15 is 0 Å². The Labute approximate surface area is 103 Å². The van der Waals surface area contributed by atoms with E-state index in [-0.39, 0.29) is 18.2 Å². The van der Waals surface area contributed by atoms with E-state index in [9.17, 15) is 4.39 Å². The van der Waals surface area contributed by atoms with E-state index in [4.69, 9.17) is 0 Å². The molecule has 1 N–H and O–H groups in total. The lowest BCUT2D eigenvalue weighted by atomic mass is 9.95. The number of nitrogens with one attached hydrogen (secondary N) is 1. The van der Waals surface area contributed by atoms with Crippen molar-refractivity contribution in [1.29, 1.82) is 0 Å². The lowest BCUT2D eigenvalue weighted by molar-refractivity contribution is 0.370. The van der Waals surface area contributed by atoms with Gasteiger partial charge in [0.15, 0.2) is 0 Å². The predicted octanol–water partition coefficient (Wildman–Crippen LogP) is 3.67. The summed E-state index contributed by atoms with van der Waals surface area (Å²) in [4.78, 5) is 0. The van der Waals surface area contributed by atoms with Crippen LogP contribution in [0.1, 0.15) is 37.7 Å². The zero-order valence-corrected chi connectivity index (χ0v) is 10.2. The lowest BCUT2D eigenvalue weighted by Gasteiger charge is -2.22. The molecule has 0 unspecified atom stereocenters. The van der Waals surface area contributed by atoms with Gasteiger partial charge in [0.2, 0.25) is 0 Å². The molecule has 1 aliphatic carbocycles. The molecular formula is C13H19ClFN. The van der Waals surface area contributed by atoms with Gasteiger partial charge in [0.05, 0.1) is 0 Å². The molecule has 2 rings (SSSR count). The Hall–Kier alpha value is -0.600. The highest BCUT2D eigenvalue weighted by atomic mass is 35.5. The van der Waals surface area contributed by atoms with Crippen molar-refractivity contribution >= 4 is 12.4 Å². The highest BCUT2D eigenvalue weighted by Gasteiger charge is 2.12. The fourth-order valence-electron chi connectivity index (χ4n) is 2.20. The van der Waals surface area contributed by atoms with Gasteiger partial charge in [0.25, 0.3) is 0 Å². The summed E-state index contributed by atoms with van der Waals surface area (Å²) < 4.78 is 13.3. The molecule has 1 fully saturated rings. The van der Waals surface area contributed by atoms with Crippen molar-refractivity contribution in [3.8, 4) is 0 Å². The van der Waals surface area contributed by atoms with Crippen LogP contribution in [0.4, 0.5) is 4.39 Å². The van der Waals surface area contributed by atoms with Crippen molar-refractivity contribution in [2.45, 2.75) is 44.7 Å². The van der Waals surface area contributed by atoms with E-state index in [1.807, 2.05) is 12.1 Å². The van der Waals surface area contributed by atoms with Gasteiger partial charge in [-0.05, 0) is 18.9 Å². The van der Waals surface area contributed by atoms with Gasteiger partial charge in [0.1, 0.15) is 5.82 Å². The highest BCUT2D eigenvalue weighted by Crippen LogP contribution is 2.18. The maximum absolute atomic E-state index is 13.3. The molecule has 0 heterocycles. The lowest BCUT2D eigenvalue weighted by Crippen LogP contribution is -2.30. The summed E-state index contributed by atoms with van der Waals surface area (Å²) in [5, 5.41) is 3.44. The summed E-state index contributed by atoms with van der Waals surface area (Å²) in [7, 11) is 0. The van der Waals surface area contributed by atoms with Crippen molar-refractivity contribution in [1.82, 2.24) is 5.32 Å². The summed E-state index contributed by atoms with van der Waals surface area (Å²) in [6, 6.07) is 7.60. The van der Waals surface area contributed by atoms with Crippen LogP contribution in [-0.2, 0) is 6.54 Å². The van der Waals surface area contributed by atoms with Crippen LogP contribution in [0, 0.1) is 5.82 Å². The third-order valence-electron chi connectivity index (χ3n) is 3.14. The largest absolute Gasteiger partial charge is 0.310 e. The molecule has 0 amide bonds. The average Bonchev–Trinajstić information content (AvgIpc) is 2.29. The molecule has 16 heavy (non-hydrogen) atoms. The Morgan fingerprint density at radius 1 is 1.12 bits per heavy atom. The van der Waals surface area contributed by atoms with E-state index in [1.165, 1.54) is 38.2 Å². The molecule has 1 aromatic rings. The molecule has 3 heteroatoms. The predicted molar refractivity (Wildman–Crippen MR) is 67.4 cm³/mol. The monoisotopic (exact) mass is 243 g/mol. The van der Waals surface area contributed by atoms with Crippen LogP contribution in [0.2, 0.25) is 0 Å². The molecule has 0 aliphatic heterocycles. The summed E-state index contributed by atoms with van der Waals surface area (Å²) in [6.45, 7) is 0.664. The zero-order valence-electron chi connectivity index (χ0n) is 9.42. The quantitative estimate of drug-likeness (QED) is 0.854. The van der Waals surface area contributed by atoms with Crippen LogP contribution in [0.15, 0.2) is 24.3 Å². The van der Waals surface area contributed by atoms with Crippen LogP contribution >= 0.6 is 12.4 Å². The molecule has 0 atom stereocenters. The summed E-state index contributed by atoms with van der Waals surface area (Å²) in [5.74, 6) is -0.0965. The molecule has 1 nitrogen and oxygen atoms in total. The minimum atomic E-state index is -0.0965. The van der Waals surface area contributed by atoms with E-state index in [0.717, 1.165) is 5.56 Å². The van der Waals surface area contributed by atoms with Gasteiger partial charge < -0.3 is 5.32 Å². The van der Waals surface area contributed by atoms with Crippen molar-refractivity contribution in [3.05, 3.63) is 35.6 Å². The van der Waals surface area contributed by atoms with Crippen molar-refractivity contribution < 1.29 is 4.39 Å². The molecule has 0 spiro atoms. The third-order valence-corrected chi connectivity index (χ3v) is 3.14. The molecule has 0 bridgehead atoms. The van der Waals surface area contributed by atoms with E-state index < -0.39 is 0 Å². The SMILES string of the molecule is Cl.Fc1ccccc1CNC1CCCCC1. The zero-order chi connectivity index (χ0) is 10.5. The van der Waals surface area contributed by atoms with Crippen molar-refractivity contribution in [2.24, 2.45) is 0 Å². The molecule has 0 saturated heterocycles. The second-order valence-corrected chi connectivity index (χ2v) is 4.31. The number of halogens is 2. The summed E-state index contributed by atoms with van der Waals surface area (Å²) in [6.07, 6.45) is 6.48. The van der Waals surface area contributed by atoms with E-state index in [2.05, 4.69) is 5.32 Å². The first-order valence-corrected chi connectivity index (χ1v) is 5.83. The second-order valence-electron chi connectivity index (χ2n) is 4.31. The molecule has 0 aromatic heterocycles. The molecule has 1 saturated carbocycles. The maximum atomic E-state index is 13.3. The van der Waals surface area contributed by atoms with Gasteiger partial charge in [-0.2, -0.15) is 0 Å². The normalized spacial score (nSPS) is 16.8. The molecule has 90 valence electrons. The molecule has 0 radical (unpaired) electrons. The van der Waals surface area contributed by atoms with Crippen LogP contribution in [0.3, 0.4) is 0 Å². The van der Waals surface area contributed by atoms with Gasteiger partial charge in [-0.25, -0.2) is 4.39 Å². The van der Waals surface area contributed by atoms with Crippen molar-refractivity contribution in [3.63, 3.8) is 0 Å². The number of rotatable bonds is 3. The standard InChI is InChI=1S/C13H18FN.ClH/c14-13-9-5-4-6-11(13)10-15-12-7-2-1-3-8-12;/h4-6,9,12,15H,1-3,7-8,10H2;1H. The second kappa shape index (κ2) is 6.87. The molecular weight excluding hydrogens is 225 g/mol. The van der Waals surface area contributed by atoms with E-state index in [0.29, 0.717) is 12.6 Å². The minimum Gasteiger partial charge on any atom is -0.310 e. The maximum Gasteiger partial charge on any atom is 0.127 e. The Kier molecular flexibility index (Phi) is 5.78. The van der Waals surface area contributed by atoms with E-state index in [1.54, 1.807) is 6.07 Å². The van der Waals surface area contributed by atoms with Gasteiger partial charge in [-0.3, -0.25) is 0 Å². The first kappa shape index (κ1) is 13.5. The van der Waals surface area contributed by atoms with Gasteiger partial charge in [-0.1, -0.05) is 37.5 Å². The van der Waals surface area contributed by atoms with Crippen LogP contribution in [-0.4, -0.2) is 6.04 Å². The van der Waals surface area contributed by atoms with Crippen LogP contribution in [0.25, 0.3) is 0 Å². The topological polar surface area (TPSA) is 12.0 Å². The number of hydrogen-bond donors (Lipinski definition) is 1. The molecule has 1 aromatic carbocycles. The van der Waals surface area contributed by atoms with Crippen molar-refractivity contribution in [2.75, 3.05) is 0 Å². The Morgan fingerprint density at radius 3 is 2.50 bits per heavy atom. The number of hydrogen-bond acceptors (Lipinski definition) is 1. The Balaban J connectivity index is 0.00000128. The van der Waals surface area contributed by atoms with Crippen LogP contribution in [0.5, 0.6) is 0 Å². The average molecular weight is 244 g/mol. The Bertz CT molecular complexity index is 311. The first-order valence-electron chi connectivity index (χ1n) is 5.83. The number of benzene rings is 1. The first-order chi connectivity index (χ1) is 7.36. The molecule has 1 aliphatic rings. The van der Waals surface area contributed by atoms with Gasteiger partial charge in [0, 0.05) is 18.2 Å². The fourth-order valence-corrected chi connectivity index (χ4v) is 2.20. The fraction of sp³-hybridized carbons (Fsp3) is 0.538. The third kappa shape index (κ3) is 3.76. The summed E-state index contributed by atoms with van der Waals surface area (Å²) >= 11 is 0. The van der Waals surface area contributed by atoms with Gasteiger partial charge >= 0.3 is 0 Å². The Morgan fingerprint density at radius 2 is 1.81 bits per heavy atom. The van der Waals surface area contributed by atoms with Crippen LogP contribution < -0.4 is 5.32 Å². The minimum absolute atomic E-state index is 0.